The van der Waals surface area contributed by atoms with Crippen LogP contribution in [0.3, 0.4) is 0 Å². The summed E-state index contributed by atoms with van der Waals surface area (Å²) in [5.41, 5.74) is 0. The third-order valence-electron chi connectivity index (χ3n) is 10.3. The highest BCUT2D eigenvalue weighted by Crippen LogP contribution is 2.47. The maximum atomic E-state index is 12.8. The highest BCUT2D eigenvalue weighted by molar-refractivity contribution is 7.47. The summed E-state index contributed by atoms with van der Waals surface area (Å²) in [6.45, 7) is 3.25. The molecule has 0 aromatic heterocycles. The number of ether oxygens (including phenoxy) is 2. The lowest BCUT2D eigenvalue weighted by Crippen LogP contribution is -2.64. The standard InChI is InChI=1S/C43H79O13P/c1-3-5-7-9-11-13-15-17-18-20-21-23-25-27-29-31-36(44)53-33-35(34-54-57(51,52)56-43-41(49)39(47)38(46)40(48)42(43)50)55-37(45)32-30-28-26-24-22-19-16-14-12-10-8-6-4-2/h14,16-18,35,38-43,46-50H,3-13,15,19-34H2,1-2H3,(H,51,52)/b16-14-,18-17-/t35-,38?,39-,40?,41?,42?,43?/m1/s1. The van der Waals surface area contributed by atoms with E-state index in [1.807, 2.05) is 0 Å². The maximum Gasteiger partial charge on any atom is 0.472 e. The Balaban J connectivity index is 2.49. The Morgan fingerprint density at radius 1 is 0.526 bits per heavy atom. The van der Waals surface area contributed by atoms with Crippen LogP contribution >= 0.6 is 7.82 Å². The number of aliphatic hydroxyl groups is 5. The second kappa shape index (κ2) is 34.1. The number of phosphoric ester groups is 1. The average Bonchev–Trinajstić information content (AvgIpc) is 3.19. The molecule has 334 valence electrons. The average molecular weight is 835 g/mol. The molecule has 57 heavy (non-hydrogen) atoms. The minimum atomic E-state index is -5.12. The highest BCUT2D eigenvalue weighted by Gasteiger charge is 2.51. The molecule has 1 aliphatic rings. The molecular weight excluding hydrogens is 755 g/mol. The van der Waals surface area contributed by atoms with Gasteiger partial charge in [0.25, 0.3) is 0 Å². The number of hydrogen-bond donors (Lipinski definition) is 6. The van der Waals surface area contributed by atoms with E-state index in [1.54, 1.807) is 0 Å². The zero-order valence-electron chi connectivity index (χ0n) is 35.1. The highest BCUT2D eigenvalue weighted by atomic mass is 31.2. The first-order valence-corrected chi connectivity index (χ1v) is 23.6. The second-order valence-corrected chi connectivity index (χ2v) is 16.9. The van der Waals surface area contributed by atoms with E-state index in [1.165, 1.54) is 64.2 Å². The fourth-order valence-electron chi connectivity index (χ4n) is 6.63. The van der Waals surface area contributed by atoms with Gasteiger partial charge < -0.3 is 39.9 Å². The maximum absolute atomic E-state index is 12.8. The van der Waals surface area contributed by atoms with Gasteiger partial charge in [0.05, 0.1) is 6.61 Å². The molecular formula is C43H79O13P. The van der Waals surface area contributed by atoms with Crippen molar-refractivity contribution >= 4 is 19.8 Å². The van der Waals surface area contributed by atoms with E-state index in [2.05, 4.69) is 38.2 Å². The molecule has 0 aromatic rings. The molecule has 0 amide bonds. The molecule has 8 atom stereocenters. The lowest BCUT2D eigenvalue weighted by Gasteiger charge is -2.41. The topological polar surface area (TPSA) is 210 Å². The summed E-state index contributed by atoms with van der Waals surface area (Å²) in [5.74, 6) is -1.12. The van der Waals surface area contributed by atoms with Gasteiger partial charge in [-0.25, -0.2) is 4.57 Å². The number of rotatable bonds is 36. The summed E-state index contributed by atoms with van der Waals surface area (Å²) in [6, 6.07) is 0. The first-order valence-electron chi connectivity index (χ1n) is 22.1. The lowest BCUT2D eigenvalue weighted by atomic mass is 9.85. The predicted octanol–water partition coefficient (Wildman–Crippen LogP) is 8.06. The van der Waals surface area contributed by atoms with Crippen LogP contribution in [0.25, 0.3) is 0 Å². The number of carbonyl (C=O) groups excluding carboxylic acids is 2. The molecule has 0 aromatic carbocycles. The molecule has 1 aliphatic carbocycles. The van der Waals surface area contributed by atoms with Gasteiger partial charge in [-0.2, -0.15) is 0 Å². The van der Waals surface area contributed by atoms with Crippen molar-refractivity contribution in [1.82, 2.24) is 0 Å². The third kappa shape index (κ3) is 26.9. The van der Waals surface area contributed by atoms with Crippen LogP contribution in [0, 0.1) is 0 Å². The van der Waals surface area contributed by atoms with Crippen molar-refractivity contribution in [2.45, 2.75) is 224 Å². The number of allylic oxidation sites excluding steroid dienone is 4. The summed E-state index contributed by atoms with van der Waals surface area (Å²) in [6.07, 6.45) is 22.4. The van der Waals surface area contributed by atoms with Crippen LogP contribution in [0.15, 0.2) is 24.3 Å². The Bertz CT molecular complexity index is 1100. The SMILES string of the molecule is CCCCCC/C=C\CCCCCCCC(=O)O[C@H](COC(=O)CCCCCCC/C=C\CCCCCCCC)COP(=O)(O)OC1C(O)C(O)C(O)[C@@H](O)C1O. The molecule has 0 radical (unpaired) electrons. The molecule has 0 spiro atoms. The van der Waals surface area contributed by atoms with Gasteiger partial charge in [0.1, 0.15) is 43.2 Å². The second-order valence-electron chi connectivity index (χ2n) is 15.5. The summed E-state index contributed by atoms with van der Waals surface area (Å²) >= 11 is 0. The molecule has 1 saturated carbocycles. The van der Waals surface area contributed by atoms with Crippen LogP contribution in [0.2, 0.25) is 0 Å². The zero-order chi connectivity index (χ0) is 42.2. The zero-order valence-corrected chi connectivity index (χ0v) is 36.0. The Morgan fingerprint density at radius 3 is 1.35 bits per heavy atom. The first kappa shape index (κ1) is 53.3. The Labute approximate surface area is 343 Å². The van der Waals surface area contributed by atoms with Crippen LogP contribution in [-0.4, -0.2) is 98.3 Å². The molecule has 1 rings (SSSR count). The molecule has 0 bridgehead atoms. The van der Waals surface area contributed by atoms with Gasteiger partial charge >= 0.3 is 19.8 Å². The van der Waals surface area contributed by atoms with E-state index < -0.39 is 75.7 Å². The summed E-state index contributed by atoms with van der Waals surface area (Å²) in [5, 5.41) is 50.1. The molecule has 0 heterocycles. The van der Waals surface area contributed by atoms with Crippen molar-refractivity contribution in [3.63, 3.8) is 0 Å². The van der Waals surface area contributed by atoms with E-state index >= 15 is 0 Å². The van der Waals surface area contributed by atoms with Gasteiger partial charge in [0.2, 0.25) is 0 Å². The lowest BCUT2D eigenvalue weighted by molar-refractivity contribution is -0.220. The monoisotopic (exact) mass is 835 g/mol. The molecule has 1 fully saturated rings. The molecule has 6 N–H and O–H groups in total. The van der Waals surface area contributed by atoms with E-state index in [-0.39, 0.29) is 12.8 Å². The van der Waals surface area contributed by atoms with Crippen molar-refractivity contribution in [2.75, 3.05) is 13.2 Å². The third-order valence-corrected chi connectivity index (χ3v) is 11.3. The van der Waals surface area contributed by atoms with Gasteiger partial charge in [-0.3, -0.25) is 18.6 Å². The number of phosphoric acid groups is 1. The number of carbonyl (C=O) groups is 2. The quantitative estimate of drug-likeness (QED) is 0.0153. The van der Waals surface area contributed by atoms with Crippen molar-refractivity contribution in [1.29, 1.82) is 0 Å². The van der Waals surface area contributed by atoms with Crippen LogP contribution in [0.5, 0.6) is 0 Å². The summed E-state index contributed by atoms with van der Waals surface area (Å²) < 4.78 is 33.4. The summed E-state index contributed by atoms with van der Waals surface area (Å²) in [7, 11) is -5.12. The number of unbranched alkanes of at least 4 members (excludes halogenated alkanes) is 20. The normalized spacial score (nSPS) is 22.9. The fraction of sp³-hybridized carbons (Fsp3) is 0.860. The van der Waals surface area contributed by atoms with E-state index in [0.717, 1.165) is 77.0 Å². The van der Waals surface area contributed by atoms with Crippen molar-refractivity contribution < 1.29 is 63.1 Å². The molecule has 0 aliphatic heterocycles. The van der Waals surface area contributed by atoms with Crippen LogP contribution in [0.1, 0.15) is 181 Å². The first-order chi connectivity index (χ1) is 27.4. The van der Waals surface area contributed by atoms with Crippen molar-refractivity contribution in [2.24, 2.45) is 0 Å². The minimum absolute atomic E-state index is 0.0862. The Hall–Kier alpha value is -1.67. The Morgan fingerprint density at radius 2 is 0.895 bits per heavy atom. The van der Waals surface area contributed by atoms with Gasteiger partial charge in [0, 0.05) is 12.8 Å². The minimum Gasteiger partial charge on any atom is -0.462 e. The summed E-state index contributed by atoms with van der Waals surface area (Å²) in [4.78, 5) is 35.6. The van der Waals surface area contributed by atoms with Crippen molar-refractivity contribution in [3.05, 3.63) is 24.3 Å². The smallest absolute Gasteiger partial charge is 0.462 e. The fourth-order valence-corrected chi connectivity index (χ4v) is 7.60. The van der Waals surface area contributed by atoms with E-state index in [9.17, 15) is 44.6 Å². The molecule has 0 saturated heterocycles. The van der Waals surface area contributed by atoms with E-state index in [4.69, 9.17) is 18.5 Å². The van der Waals surface area contributed by atoms with Gasteiger partial charge in [-0.05, 0) is 64.2 Å². The predicted molar refractivity (Wildman–Crippen MR) is 221 cm³/mol. The number of esters is 2. The van der Waals surface area contributed by atoms with Gasteiger partial charge in [0.15, 0.2) is 6.10 Å². The van der Waals surface area contributed by atoms with Gasteiger partial charge in [-0.1, -0.05) is 128 Å². The molecule has 13 nitrogen and oxygen atoms in total. The largest absolute Gasteiger partial charge is 0.472 e. The van der Waals surface area contributed by atoms with Crippen LogP contribution in [0.4, 0.5) is 0 Å². The van der Waals surface area contributed by atoms with Crippen molar-refractivity contribution in [3.8, 4) is 0 Å². The molecule has 14 heteroatoms. The number of aliphatic hydroxyl groups excluding tert-OH is 5. The molecule has 6 unspecified atom stereocenters. The van der Waals surface area contributed by atoms with E-state index in [0.29, 0.717) is 12.8 Å². The van der Waals surface area contributed by atoms with Gasteiger partial charge in [-0.15, -0.1) is 0 Å². The Kier molecular flexibility index (Phi) is 31.9. The van der Waals surface area contributed by atoms with Crippen LogP contribution in [-0.2, 0) is 32.7 Å². The van der Waals surface area contributed by atoms with Crippen LogP contribution < -0.4 is 0 Å². The number of hydrogen-bond acceptors (Lipinski definition) is 12.